The summed E-state index contributed by atoms with van der Waals surface area (Å²) in [5.41, 5.74) is 0.361. The van der Waals surface area contributed by atoms with Crippen molar-refractivity contribution in [2.24, 2.45) is 0 Å². The number of amides is 1. The quantitative estimate of drug-likeness (QED) is 0.823. The Labute approximate surface area is 120 Å². The van der Waals surface area contributed by atoms with E-state index in [2.05, 4.69) is 25.8 Å². The van der Waals surface area contributed by atoms with E-state index in [0.29, 0.717) is 17.3 Å². The number of halogens is 1. The second-order valence-electron chi connectivity index (χ2n) is 4.07. The van der Waals surface area contributed by atoms with Crippen LogP contribution in [0, 0.1) is 6.92 Å². The first-order valence-electron chi connectivity index (χ1n) is 6.11. The number of hydrogen-bond acceptors (Lipinski definition) is 6. The van der Waals surface area contributed by atoms with Crippen LogP contribution in [0.25, 0.3) is 0 Å². The average molecular weight is 296 g/mol. The van der Waals surface area contributed by atoms with Gasteiger partial charge in [-0.15, -0.1) is 5.10 Å². The molecular weight excluding hydrogens is 282 g/mol. The van der Waals surface area contributed by atoms with E-state index < -0.39 is 5.91 Å². The van der Waals surface area contributed by atoms with Gasteiger partial charge in [0.1, 0.15) is 11.0 Å². The van der Waals surface area contributed by atoms with Crippen LogP contribution in [-0.2, 0) is 0 Å². The molecule has 0 bridgehead atoms. The Morgan fingerprint density at radius 1 is 1.40 bits per heavy atom. The van der Waals surface area contributed by atoms with Gasteiger partial charge in [0.15, 0.2) is 0 Å². The van der Waals surface area contributed by atoms with E-state index in [1.807, 2.05) is 6.92 Å². The van der Waals surface area contributed by atoms with Gasteiger partial charge in [0.2, 0.25) is 5.89 Å². The van der Waals surface area contributed by atoms with Gasteiger partial charge in [0, 0.05) is 19.0 Å². The molecule has 0 unspecified atom stereocenters. The van der Waals surface area contributed by atoms with Gasteiger partial charge in [-0.2, -0.15) is 0 Å². The molecule has 0 radical (unpaired) electrons. The van der Waals surface area contributed by atoms with E-state index in [1.54, 1.807) is 13.0 Å². The standard InChI is InChI=1S/C12H14ClN5O2/c1-3-4-14-10-6-8(5-9(13)15-10)11(19)16-12-18-17-7(2)20-12/h5-6H,3-4H2,1-2H3,(H,14,15)(H,16,18,19). The first kappa shape index (κ1) is 14.3. The van der Waals surface area contributed by atoms with Gasteiger partial charge in [-0.1, -0.05) is 23.6 Å². The molecule has 1 amide bonds. The molecule has 0 aliphatic rings. The Bertz CT molecular complexity index is 614. The highest BCUT2D eigenvalue weighted by atomic mass is 35.5. The minimum Gasteiger partial charge on any atom is -0.408 e. The topological polar surface area (TPSA) is 92.9 Å². The maximum Gasteiger partial charge on any atom is 0.322 e. The summed E-state index contributed by atoms with van der Waals surface area (Å²) in [4.78, 5) is 16.1. The van der Waals surface area contributed by atoms with Crippen LogP contribution in [-0.4, -0.2) is 27.6 Å². The third-order valence-corrected chi connectivity index (χ3v) is 2.55. The number of rotatable bonds is 5. The summed E-state index contributed by atoms with van der Waals surface area (Å²) < 4.78 is 5.08. The second kappa shape index (κ2) is 6.33. The molecule has 20 heavy (non-hydrogen) atoms. The maximum absolute atomic E-state index is 12.0. The fourth-order valence-electron chi connectivity index (χ4n) is 1.49. The molecule has 106 valence electrons. The van der Waals surface area contributed by atoms with Crippen molar-refractivity contribution in [3.05, 3.63) is 28.7 Å². The number of pyridine rings is 1. The van der Waals surface area contributed by atoms with Crippen LogP contribution in [0.2, 0.25) is 5.15 Å². The van der Waals surface area contributed by atoms with Crippen LogP contribution >= 0.6 is 11.6 Å². The van der Waals surface area contributed by atoms with Gasteiger partial charge in [-0.25, -0.2) is 4.98 Å². The van der Waals surface area contributed by atoms with Crippen LogP contribution < -0.4 is 10.6 Å². The lowest BCUT2D eigenvalue weighted by atomic mass is 10.2. The molecule has 8 heteroatoms. The molecule has 2 aromatic rings. The van der Waals surface area contributed by atoms with Gasteiger partial charge < -0.3 is 9.73 Å². The van der Waals surface area contributed by atoms with Crippen molar-refractivity contribution in [3.63, 3.8) is 0 Å². The molecule has 2 N–H and O–H groups in total. The lowest BCUT2D eigenvalue weighted by Crippen LogP contribution is -2.13. The number of nitrogens with one attached hydrogen (secondary N) is 2. The van der Waals surface area contributed by atoms with E-state index >= 15 is 0 Å². The van der Waals surface area contributed by atoms with Crippen LogP contribution in [0.4, 0.5) is 11.8 Å². The summed E-state index contributed by atoms with van der Waals surface area (Å²) in [6.45, 7) is 4.42. The Morgan fingerprint density at radius 3 is 2.85 bits per heavy atom. The summed E-state index contributed by atoms with van der Waals surface area (Å²) >= 11 is 5.90. The predicted molar refractivity (Wildman–Crippen MR) is 75.0 cm³/mol. The van der Waals surface area contributed by atoms with Crippen LogP contribution in [0.15, 0.2) is 16.5 Å². The van der Waals surface area contributed by atoms with Crippen molar-refractivity contribution in [1.29, 1.82) is 0 Å². The number of nitrogens with zero attached hydrogens (tertiary/aromatic N) is 3. The number of aromatic nitrogens is 3. The summed E-state index contributed by atoms with van der Waals surface area (Å²) in [5.74, 6) is 0.530. The highest BCUT2D eigenvalue weighted by Gasteiger charge is 2.12. The third kappa shape index (κ3) is 3.67. The minimum absolute atomic E-state index is 0.0449. The number of carbonyl (C=O) groups excluding carboxylic acids is 1. The summed E-state index contributed by atoms with van der Waals surface area (Å²) in [6, 6.07) is 3.13. The van der Waals surface area contributed by atoms with Crippen molar-refractivity contribution in [2.75, 3.05) is 17.2 Å². The van der Waals surface area contributed by atoms with Gasteiger partial charge in [0.25, 0.3) is 5.91 Å². The van der Waals surface area contributed by atoms with Crippen molar-refractivity contribution in [2.45, 2.75) is 20.3 Å². The smallest absolute Gasteiger partial charge is 0.322 e. The van der Waals surface area contributed by atoms with Crippen LogP contribution in [0.5, 0.6) is 0 Å². The molecule has 2 rings (SSSR count). The molecule has 7 nitrogen and oxygen atoms in total. The lowest BCUT2D eigenvalue weighted by molar-refractivity contribution is 0.102. The van der Waals surface area contributed by atoms with E-state index in [-0.39, 0.29) is 11.2 Å². The number of hydrogen-bond donors (Lipinski definition) is 2. The van der Waals surface area contributed by atoms with Crippen molar-refractivity contribution in [1.82, 2.24) is 15.2 Å². The van der Waals surface area contributed by atoms with Crippen molar-refractivity contribution >= 4 is 29.3 Å². The number of carbonyl (C=O) groups is 1. The lowest BCUT2D eigenvalue weighted by Gasteiger charge is -2.07. The summed E-state index contributed by atoms with van der Waals surface area (Å²) in [7, 11) is 0. The van der Waals surface area contributed by atoms with E-state index in [4.69, 9.17) is 16.0 Å². The highest BCUT2D eigenvalue weighted by Crippen LogP contribution is 2.16. The molecule has 0 saturated heterocycles. The third-order valence-electron chi connectivity index (χ3n) is 2.36. The SMILES string of the molecule is CCCNc1cc(C(=O)Nc2nnc(C)o2)cc(Cl)n1. The number of aryl methyl sites for hydroxylation is 1. The molecule has 0 atom stereocenters. The molecule has 0 saturated carbocycles. The minimum atomic E-state index is -0.391. The van der Waals surface area contributed by atoms with E-state index in [0.717, 1.165) is 13.0 Å². The van der Waals surface area contributed by atoms with Crippen molar-refractivity contribution < 1.29 is 9.21 Å². The maximum atomic E-state index is 12.0. The molecule has 2 heterocycles. The molecule has 0 aliphatic heterocycles. The van der Waals surface area contributed by atoms with E-state index in [1.165, 1.54) is 6.07 Å². The Morgan fingerprint density at radius 2 is 2.20 bits per heavy atom. The van der Waals surface area contributed by atoms with Gasteiger partial charge in [-0.3, -0.25) is 10.1 Å². The predicted octanol–water partition coefficient (Wildman–Crippen LogP) is 2.50. The molecule has 2 aromatic heterocycles. The Kier molecular flexibility index (Phi) is 4.52. The monoisotopic (exact) mass is 295 g/mol. The largest absolute Gasteiger partial charge is 0.408 e. The molecule has 0 aliphatic carbocycles. The van der Waals surface area contributed by atoms with Crippen LogP contribution in [0.1, 0.15) is 29.6 Å². The molecule has 0 spiro atoms. The van der Waals surface area contributed by atoms with Gasteiger partial charge in [-0.05, 0) is 18.6 Å². The summed E-state index contributed by atoms with van der Waals surface area (Å²) in [5, 5.41) is 13.1. The highest BCUT2D eigenvalue weighted by molar-refractivity contribution is 6.30. The fraction of sp³-hybridized carbons (Fsp3) is 0.333. The van der Waals surface area contributed by atoms with E-state index in [9.17, 15) is 4.79 Å². The molecule has 0 fully saturated rings. The molecule has 0 aromatic carbocycles. The fourth-order valence-corrected chi connectivity index (χ4v) is 1.70. The van der Waals surface area contributed by atoms with Crippen molar-refractivity contribution in [3.8, 4) is 0 Å². The first-order valence-corrected chi connectivity index (χ1v) is 6.49. The Balaban J connectivity index is 2.14. The van der Waals surface area contributed by atoms with Gasteiger partial charge >= 0.3 is 6.01 Å². The molecular formula is C12H14ClN5O2. The summed E-state index contributed by atoms with van der Waals surface area (Å²) in [6.07, 6.45) is 0.941. The first-order chi connectivity index (χ1) is 9.58. The normalized spacial score (nSPS) is 10.3. The zero-order valence-electron chi connectivity index (χ0n) is 11.1. The zero-order chi connectivity index (χ0) is 14.5. The zero-order valence-corrected chi connectivity index (χ0v) is 11.9. The van der Waals surface area contributed by atoms with Gasteiger partial charge in [0.05, 0.1) is 0 Å². The Hall–Kier alpha value is -2.15. The van der Waals surface area contributed by atoms with Crippen LogP contribution in [0.3, 0.4) is 0 Å². The average Bonchev–Trinajstić information content (AvgIpc) is 2.81. The number of anilines is 2. The second-order valence-corrected chi connectivity index (χ2v) is 4.46.